The number of amides is 1. The van der Waals surface area contributed by atoms with Gasteiger partial charge in [0.15, 0.2) is 0 Å². The predicted octanol–water partition coefficient (Wildman–Crippen LogP) is 4.12. The lowest BCUT2D eigenvalue weighted by Crippen LogP contribution is -2.22. The van der Waals surface area contributed by atoms with Crippen LogP contribution in [0.3, 0.4) is 0 Å². The standard InChI is InChI=1S/C22H21N5O2S/c1-4-15-14(3)23-22(25-20(15)28)27-19(12-17(26-27)18-10-7-11-30-18)24-21(29)16-9-6-5-8-13(16)2/h5-12H,4H2,1-3H3,(H,24,29)(H,23,25,28). The highest BCUT2D eigenvalue weighted by molar-refractivity contribution is 7.13. The summed E-state index contributed by atoms with van der Waals surface area (Å²) >= 11 is 1.54. The second-order valence-electron chi connectivity index (χ2n) is 6.88. The average Bonchev–Trinajstić information content (AvgIpc) is 3.38. The van der Waals surface area contributed by atoms with Crippen molar-refractivity contribution in [3.05, 3.63) is 80.6 Å². The lowest BCUT2D eigenvalue weighted by molar-refractivity contribution is 0.102. The summed E-state index contributed by atoms with van der Waals surface area (Å²) in [4.78, 5) is 33.7. The number of benzene rings is 1. The van der Waals surface area contributed by atoms with Crippen molar-refractivity contribution in [1.29, 1.82) is 0 Å². The zero-order chi connectivity index (χ0) is 21.3. The van der Waals surface area contributed by atoms with E-state index in [2.05, 4.69) is 20.4 Å². The summed E-state index contributed by atoms with van der Waals surface area (Å²) in [5, 5.41) is 9.49. The largest absolute Gasteiger partial charge is 0.306 e. The Morgan fingerprint density at radius 3 is 2.67 bits per heavy atom. The molecule has 0 bridgehead atoms. The first-order chi connectivity index (χ1) is 14.5. The van der Waals surface area contributed by atoms with Gasteiger partial charge < -0.3 is 5.32 Å². The Morgan fingerprint density at radius 1 is 1.20 bits per heavy atom. The third-order valence-electron chi connectivity index (χ3n) is 4.88. The monoisotopic (exact) mass is 419 g/mol. The molecule has 3 heterocycles. The van der Waals surface area contributed by atoms with Crippen LogP contribution in [0.5, 0.6) is 0 Å². The fourth-order valence-electron chi connectivity index (χ4n) is 3.30. The predicted molar refractivity (Wildman–Crippen MR) is 119 cm³/mol. The smallest absolute Gasteiger partial charge is 0.257 e. The third kappa shape index (κ3) is 3.69. The Labute approximate surface area is 177 Å². The Balaban J connectivity index is 1.81. The van der Waals surface area contributed by atoms with Gasteiger partial charge in [-0.1, -0.05) is 31.2 Å². The van der Waals surface area contributed by atoms with Crippen molar-refractivity contribution in [3.8, 4) is 16.5 Å². The minimum absolute atomic E-state index is 0.204. The lowest BCUT2D eigenvalue weighted by Gasteiger charge is -2.10. The van der Waals surface area contributed by atoms with Crippen LogP contribution in [0.15, 0.2) is 52.6 Å². The summed E-state index contributed by atoms with van der Waals surface area (Å²) in [6.07, 6.45) is 0.588. The number of nitrogens with one attached hydrogen (secondary N) is 2. The van der Waals surface area contributed by atoms with E-state index in [1.54, 1.807) is 30.4 Å². The van der Waals surface area contributed by atoms with E-state index in [4.69, 9.17) is 0 Å². The van der Waals surface area contributed by atoms with E-state index in [0.717, 1.165) is 10.4 Å². The molecule has 0 fully saturated rings. The molecule has 2 N–H and O–H groups in total. The molecule has 4 aromatic rings. The number of aryl methyl sites for hydroxylation is 2. The van der Waals surface area contributed by atoms with Crippen LogP contribution in [0.25, 0.3) is 16.5 Å². The van der Waals surface area contributed by atoms with Crippen LogP contribution in [-0.2, 0) is 6.42 Å². The number of thiophene rings is 1. The van der Waals surface area contributed by atoms with Crippen molar-refractivity contribution in [1.82, 2.24) is 19.7 Å². The quantitative estimate of drug-likeness (QED) is 0.509. The van der Waals surface area contributed by atoms with Gasteiger partial charge in [0.1, 0.15) is 11.5 Å². The third-order valence-corrected chi connectivity index (χ3v) is 5.77. The SMILES string of the molecule is CCc1c(C)nc(-n2nc(-c3cccs3)cc2NC(=O)c2ccccc2C)[nH]c1=O. The van der Waals surface area contributed by atoms with Gasteiger partial charge >= 0.3 is 0 Å². The first kappa shape index (κ1) is 19.8. The number of aromatic amines is 1. The summed E-state index contributed by atoms with van der Waals surface area (Å²) in [5.74, 6) is 0.437. The number of nitrogens with zero attached hydrogens (tertiary/aromatic N) is 3. The Hall–Kier alpha value is -3.52. The van der Waals surface area contributed by atoms with Crippen LogP contribution >= 0.6 is 11.3 Å². The minimum Gasteiger partial charge on any atom is -0.306 e. The molecule has 0 aliphatic carbocycles. The topological polar surface area (TPSA) is 92.7 Å². The van der Waals surface area contributed by atoms with Crippen molar-refractivity contribution >= 4 is 23.1 Å². The molecule has 0 saturated heterocycles. The number of aromatic nitrogens is 4. The second-order valence-corrected chi connectivity index (χ2v) is 7.83. The molecule has 30 heavy (non-hydrogen) atoms. The number of carbonyl (C=O) groups is 1. The van der Waals surface area contributed by atoms with Gasteiger partial charge in [-0.05, 0) is 43.3 Å². The Bertz CT molecular complexity index is 1270. The van der Waals surface area contributed by atoms with Crippen molar-refractivity contribution < 1.29 is 4.79 Å². The van der Waals surface area contributed by atoms with Gasteiger partial charge in [0.2, 0.25) is 5.95 Å². The van der Waals surface area contributed by atoms with Crippen LogP contribution < -0.4 is 10.9 Å². The van der Waals surface area contributed by atoms with Crippen molar-refractivity contribution in [2.24, 2.45) is 0 Å². The van der Waals surface area contributed by atoms with E-state index < -0.39 is 0 Å². The van der Waals surface area contributed by atoms with Crippen LogP contribution in [0.4, 0.5) is 5.82 Å². The van der Waals surface area contributed by atoms with E-state index in [-0.39, 0.29) is 17.4 Å². The maximum absolute atomic E-state index is 12.9. The zero-order valence-electron chi connectivity index (χ0n) is 16.9. The molecule has 8 heteroatoms. The van der Waals surface area contributed by atoms with E-state index >= 15 is 0 Å². The summed E-state index contributed by atoms with van der Waals surface area (Å²) in [6.45, 7) is 5.59. The molecule has 0 radical (unpaired) electrons. The minimum atomic E-state index is -0.253. The molecule has 3 aromatic heterocycles. The fraction of sp³-hybridized carbons (Fsp3) is 0.182. The molecule has 7 nitrogen and oxygen atoms in total. The first-order valence-electron chi connectivity index (χ1n) is 9.59. The molecular formula is C22H21N5O2S. The highest BCUT2D eigenvalue weighted by atomic mass is 32.1. The normalized spacial score (nSPS) is 10.9. The molecule has 0 unspecified atom stereocenters. The maximum Gasteiger partial charge on any atom is 0.257 e. The number of rotatable bonds is 5. The van der Waals surface area contributed by atoms with Crippen molar-refractivity contribution in [3.63, 3.8) is 0 Å². The first-order valence-corrected chi connectivity index (χ1v) is 10.5. The van der Waals surface area contributed by atoms with Gasteiger partial charge in [0.25, 0.3) is 11.5 Å². The highest BCUT2D eigenvalue weighted by Crippen LogP contribution is 2.27. The average molecular weight is 420 g/mol. The van der Waals surface area contributed by atoms with Gasteiger partial charge in [-0.15, -0.1) is 11.3 Å². The molecule has 1 amide bonds. The van der Waals surface area contributed by atoms with E-state index in [9.17, 15) is 9.59 Å². The van der Waals surface area contributed by atoms with Gasteiger partial charge in [-0.25, -0.2) is 4.98 Å². The molecule has 0 atom stereocenters. The molecule has 0 aliphatic rings. The molecule has 0 aliphatic heterocycles. The summed E-state index contributed by atoms with van der Waals surface area (Å²) < 4.78 is 1.47. The molecule has 4 rings (SSSR count). The number of anilines is 1. The van der Waals surface area contributed by atoms with E-state index in [0.29, 0.717) is 34.8 Å². The Morgan fingerprint density at radius 2 is 2.00 bits per heavy atom. The zero-order valence-corrected chi connectivity index (χ0v) is 17.7. The molecule has 0 saturated carbocycles. The Kier molecular flexibility index (Phi) is 5.33. The van der Waals surface area contributed by atoms with Gasteiger partial charge in [0.05, 0.1) is 4.88 Å². The van der Waals surface area contributed by atoms with Crippen molar-refractivity contribution in [2.45, 2.75) is 27.2 Å². The van der Waals surface area contributed by atoms with E-state index in [1.807, 2.05) is 49.6 Å². The fourth-order valence-corrected chi connectivity index (χ4v) is 3.98. The van der Waals surface area contributed by atoms with Crippen LogP contribution in [0.1, 0.15) is 34.1 Å². The van der Waals surface area contributed by atoms with Crippen LogP contribution in [0, 0.1) is 13.8 Å². The molecular weight excluding hydrogens is 398 g/mol. The summed E-state index contributed by atoms with van der Waals surface area (Å²) in [5.41, 5.74) is 3.20. The maximum atomic E-state index is 12.9. The molecule has 1 aromatic carbocycles. The van der Waals surface area contributed by atoms with Gasteiger partial charge in [-0.3, -0.25) is 14.6 Å². The van der Waals surface area contributed by atoms with Crippen molar-refractivity contribution in [2.75, 3.05) is 5.32 Å². The summed E-state index contributed by atoms with van der Waals surface area (Å²) in [6, 6.07) is 13.0. The second kappa shape index (κ2) is 8.08. The van der Waals surface area contributed by atoms with Gasteiger partial charge in [-0.2, -0.15) is 9.78 Å². The van der Waals surface area contributed by atoms with Gasteiger partial charge in [0, 0.05) is 22.9 Å². The number of hydrogen-bond donors (Lipinski definition) is 2. The van der Waals surface area contributed by atoms with Crippen LogP contribution in [0.2, 0.25) is 0 Å². The summed E-state index contributed by atoms with van der Waals surface area (Å²) in [7, 11) is 0. The number of carbonyl (C=O) groups excluding carboxylic acids is 1. The lowest BCUT2D eigenvalue weighted by atomic mass is 10.1. The highest BCUT2D eigenvalue weighted by Gasteiger charge is 2.18. The number of H-pyrrole nitrogens is 1. The number of hydrogen-bond acceptors (Lipinski definition) is 5. The molecule has 152 valence electrons. The van der Waals surface area contributed by atoms with E-state index in [1.165, 1.54) is 4.68 Å². The van der Waals surface area contributed by atoms with Crippen LogP contribution in [-0.4, -0.2) is 25.7 Å². The molecule has 0 spiro atoms.